The highest BCUT2D eigenvalue weighted by atomic mass is 16.4. The minimum Gasteiger partial charge on any atom is -0.481 e. The number of hydrogen-bond acceptors (Lipinski definition) is 1. The van der Waals surface area contributed by atoms with Gasteiger partial charge < -0.3 is 5.11 Å². The van der Waals surface area contributed by atoms with E-state index in [1.54, 1.807) is 0 Å². The van der Waals surface area contributed by atoms with Gasteiger partial charge in [0.05, 0.1) is 0 Å². The van der Waals surface area contributed by atoms with Crippen LogP contribution in [0, 0.1) is 11.8 Å². The third kappa shape index (κ3) is 10.6. The van der Waals surface area contributed by atoms with Gasteiger partial charge in [0, 0.05) is 6.42 Å². The molecule has 126 valence electrons. The fourth-order valence-electron chi connectivity index (χ4n) is 3.03. The molecule has 1 aliphatic rings. The van der Waals surface area contributed by atoms with Crippen molar-refractivity contribution in [3.05, 3.63) is 24.3 Å². The van der Waals surface area contributed by atoms with Crippen molar-refractivity contribution >= 4 is 5.97 Å². The molecule has 0 aliphatic heterocycles. The Bertz CT molecular complexity index is 344. The van der Waals surface area contributed by atoms with Gasteiger partial charge in [0.15, 0.2) is 0 Å². The predicted molar refractivity (Wildman–Crippen MR) is 94.0 cm³/mol. The molecule has 0 bridgehead atoms. The Kier molecular flexibility index (Phi) is 10.8. The third-order valence-electron chi connectivity index (χ3n) is 4.57. The lowest BCUT2D eigenvalue weighted by Crippen LogP contribution is -1.92. The van der Waals surface area contributed by atoms with Crippen LogP contribution in [0.2, 0.25) is 0 Å². The zero-order valence-electron chi connectivity index (χ0n) is 14.3. The highest BCUT2D eigenvalue weighted by Crippen LogP contribution is 2.45. The van der Waals surface area contributed by atoms with E-state index in [0.29, 0.717) is 6.42 Å². The van der Waals surface area contributed by atoms with Gasteiger partial charge >= 0.3 is 5.97 Å². The molecule has 0 heterocycles. The molecule has 0 aromatic heterocycles. The minimum atomic E-state index is -0.685. The summed E-state index contributed by atoms with van der Waals surface area (Å²) in [4.78, 5) is 10.3. The number of unbranched alkanes of at least 4 members (excludes halogenated alkanes) is 4. The Morgan fingerprint density at radius 1 is 0.955 bits per heavy atom. The Hall–Kier alpha value is -1.05. The lowest BCUT2D eigenvalue weighted by atomic mass is 10.1. The molecular weight excluding hydrogens is 272 g/mol. The average molecular weight is 306 g/mol. The van der Waals surface area contributed by atoms with Crippen LogP contribution in [0.25, 0.3) is 0 Å². The number of rotatable bonds is 14. The van der Waals surface area contributed by atoms with Crippen molar-refractivity contribution in [2.24, 2.45) is 11.8 Å². The summed E-state index contributed by atoms with van der Waals surface area (Å²) in [7, 11) is 0. The summed E-state index contributed by atoms with van der Waals surface area (Å²) in [5.41, 5.74) is 0. The molecule has 0 amide bonds. The topological polar surface area (TPSA) is 37.3 Å². The van der Waals surface area contributed by atoms with Gasteiger partial charge in [-0.25, -0.2) is 0 Å². The van der Waals surface area contributed by atoms with Gasteiger partial charge in [0.1, 0.15) is 0 Å². The van der Waals surface area contributed by atoms with Crippen LogP contribution in [-0.4, -0.2) is 11.1 Å². The Morgan fingerprint density at radius 2 is 1.68 bits per heavy atom. The lowest BCUT2D eigenvalue weighted by Gasteiger charge is -1.98. The maximum Gasteiger partial charge on any atom is 0.303 e. The molecule has 0 aromatic carbocycles. The number of allylic oxidation sites excluding steroid dienone is 4. The van der Waals surface area contributed by atoms with Gasteiger partial charge in [0.2, 0.25) is 0 Å². The van der Waals surface area contributed by atoms with E-state index < -0.39 is 5.97 Å². The molecule has 22 heavy (non-hydrogen) atoms. The first-order chi connectivity index (χ1) is 10.7. The van der Waals surface area contributed by atoms with Crippen molar-refractivity contribution < 1.29 is 9.90 Å². The summed E-state index contributed by atoms with van der Waals surface area (Å²) in [6, 6.07) is 0. The Balaban J connectivity index is 1.86. The molecular formula is C20H34O2. The molecule has 1 fully saturated rings. The van der Waals surface area contributed by atoms with Crippen LogP contribution in [0.15, 0.2) is 24.3 Å². The molecule has 2 nitrogen and oxygen atoms in total. The van der Waals surface area contributed by atoms with Crippen molar-refractivity contribution in [1.82, 2.24) is 0 Å². The monoisotopic (exact) mass is 306 g/mol. The van der Waals surface area contributed by atoms with Gasteiger partial charge in [-0.05, 0) is 56.8 Å². The van der Waals surface area contributed by atoms with Gasteiger partial charge in [-0.15, -0.1) is 0 Å². The van der Waals surface area contributed by atoms with E-state index in [2.05, 4.69) is 31.2 Å². The highest BCUT2D eigenvalue weighted by Gasteiger charge is 2.34. The molecule has 1 rings (SSSR count). The van der Waals surface area contributed by atoms with Crippen molar-refractivity contribution in [3.8, 4) is 0 Å². The Morgan fingerprint density at radius 3 is 2.41 bits per heavy atom. The quantitative estimate of drug-likeness (QED) is 0.309. The molecule has 2 heteroatoms. The number of carbonyl (C=O) groups is 1. The van der Waals surface area contributed by atoms with Crippen LogP contribution < -0.4 is 0 Å². The normalized spacial score (nSPS) is 21.0. The predicted octanol–water partition coefficient (Wildman–Crippen LogP) is 6.13. The number of carboxylic acids is 1. The van der Waals surface area contributed by atoms with Crippen LogP contribution in [0.1, 0.15) is 84.0 Å². The van der Waals surface area contributed by atoms with E-state index in [1.807, 2.05) is 0 Å². The second-order valence-corrected chi connectivity index (χ2v) is 6.65. The zero-order valence-corrected chi connectivity index (χ0v) is 14.3. The van der Waals surface area contributed by atoms with Crippen LogP contribution in [0.4, 0.5) is 0 Å². The molecule has 1 N–H and O–H groups in total. The Labute approximate surface area is 136 Å². The summed E-state index contributed by atoms with van der Waals surface area (Å²) < 4.78 is 0. The molecule has 2 atom stereocenters. The number of carboxylic acid groups (broad SMARTS) is 1. The van der Waals surface area contributed by atoms with Gasteiger partial charge in [-0.2, -0.15) is 0 Å². The van der Waals surface area contributed by atoms with E-state index in [9.17, 15) is 4.79 Å². The van der Waals surface area contributed by atoms with Crippen molar-refractivity contribution in [2.45, 2.75) is 84.0 Å². The standard InChI is InChI=1S/C20H34O2/c1-2-3-11-14-18-17-19(18)15-12-9-7-5-4-6-8-10-13-16-20(21)22/h4,6-7,9,18-19H,2-3,5,8,10-17H2,1H3,(H,21,22). The van der Waals surface area contributed by atoms with Gasteiger partial charge in [0.25, 0.3) is 0 Å². The molecule has 0 saturated heterocycles. The van der Waals surface area contributed by atoms with Crippen LogP contribution in [-0.2, 0) is 4.79 Å². The lowest BCUT2D eigenvalue weighted by molar-refractivity contribution is -0.137. The molecule has 0 radical (unpaired) electrons. The zero-order chi connectivity index (χ0) is 16.0. The van der Waals surface area contributed by atoms with Crippen LogP contribution in [0.3, 0.4) is 0 Å². The molecule has 1 saturated carbocycles. The second-order valence-electron chi connectivity index (χ2n) is 6.65. The molecule has 2 unspecified atom stereocenters. The summed E-state index contributed by atoms with van der Waals surface area (Å²) in [6.07, 6.45) is 22.8. The van der Waals surface area contributed by atoms with Crippen molar-refractivity contribution in [3.63, 3.8) is 0 Å². The van der Waals surface area contributed by atoms with E-state index in [0.717, 1.165) is 37.5 Å². The number of aliphatic carboxylic acids is 1. The van der Waals surface area contributed by atoms with E-state index in [1.165, 1.54) is 44.9 Å². The first kappa shape index (κ1) is 19.0. The fraction of sp³-hybridized carbons (Fsp3) is 0.750. The third-order valence-corrected chi connectivity index (χ3v) is 4.57. The fourth-order valence-corrected chi connectivity index (χ4v) is 3.03. The van der Waals surface area contributed by atoms with Gasteiger partial charge in [-0.1, -0.05) is 56.9 Å². The summed E-state index contributed by atoms with van der Waals surface area (Å²) >= 11 is 0. The smallest absolute Gasteiger partial charge is 0.303 e. The summed E-state index contributed by atoms with van der Waals surface area (Å²) in [5, 5.41) is 8.52. The highest BCUT2D eigenvalue weighted by molar-refractivity contribution is 5.66. The van der Waals surface area contributed by atoms with Crippen LogP contribution in [0.5, 0.6) is 0 Å². The van der Waals surface area contributed by atoms with Gasteiger partial charge in [-0.3, -0.25) is 4.79 Å². The first-order valence-corrected chi connectivity index (χ1v) is 9.25. The summed E-state index contributed by atoms with van der Waals surface area (Å²) in [6.45, 7) is 2.28. The maximum absolute atomic E-state index is 10.3. The minimum absolute atomic E-state index is 0.300. The van der Waals surface area contributed by atoms with Crippen LogP contribution >= 0.6 is 0 Å². The average Bonchev–Trinajstić information content (AvgIpc) is 3.23. The molecule has 0 spiro atoms. The maximum atomic E-state index is 10.3. The van der Waals surface area contributed by atoms with E-state index in [4.69, 9.17) is 5.11 Å². The number of hydrogen-bond donors (Lipinski definition) is 1. The first-order valence-electron chi connectivity index (χ1n) is 9.25. The van der Waals surface area contributed by atoms with E-state index >= 15 is 0 Å². The second kappa shape index (κ2) is 12.5. The van der Waals surface area contributed by atoms with Crippen molar-refractivity contribution in [2.75, 3.05) is 0 Å². The van der Waals surface area contributed by atoms with E-state index in [-0.39, 0.29) is 0 Å². The summed E-state index contributed by atoms with van der Waals surface area (Å²) in [5.74, 6) is 1.38. The molecule has 1 aliphatic carbocycles. The largest absolute Gasteiger partial charge is 0.481 e. The van der Waals surface area contributed by atoms with Crippen molar-refractivity contribution in [1.29, 1.82) is 0 Å². The SMILES string of the molecule is CCCCCC1CC1CCC=CCC=CCCCCC(=O)O. The molecule has 0 aromatic rings.